The Balaban J connectivity index is 1.44. The monoisotopic (exact) mass is 464 g/mol. The lowest BCUT2D eigenvalue weighted by molar-refractivity contribution is 0.223. The Kier molecular flexibility index (Phi) is 8.14. The van der Waals surface area contributed by atoms with Crippen LogP contribution in [0, 0.1) is 0 Å². The predicted octanol–water partition coefficient (Wildman–Crippen LogP) is 6.10. The van der Waals surface area contributed by atoms with Gasteiger partial charge in [-0.15, -0.1) is 0 Å². The molecule has 33 heavy (non-hydrogen) atoms. The molecule has 2 aliphatic heterocycles. The van der Waals surface area contributed by atoms with Crippen molar-refractivity contribution in [1.82, 2.24) is 10.2 Å². The summed E-state index contributed by atoms with van der Waals surface area (Å²) in [6.07, 6.45) is 7.50. The predicted molar refractivity (Wildman–Crippen MR) is 137 cm³/mol. The van der Waals surface area contributed by atoms with Crippen LogP contribution in [0.5, 0.6) is 11.5 Å². The fourth-order valence-electron chi connectivity index (χ4n) is 4.57. The Labute approximate surface area is 202 Å². The van der Waals surface area contributed by atoms with Crippen molar-refractivity contribution in [3.05, 3.63) is 88.1 Å². The van der Waals surface area contributed by atoms with Crippen LogP contribution < -0.4 is 14.8 Å². The molecule has 0 atom stereocenters. The van der Waals surface area contributed by atoms with Gasteiger partial charge in [0, 0.05) is 42.8 Å². The van der Waals surface area contributed by atoms with Crippen molar-refractivity contribution >= 4 is 17.2 Å². The Hall–Kier alpha value is -2.69. The third-order valence-corrected chi connectivity index (χ3v) is 6.52. The number of ether oxygens (including phenoxy) is 2. The Morgan fingerprint density at radius 2 is 1.85 bits per heavy atom. The van der Waals surface area contributed by atoms with Gasteiger partial charge in [0.05, 0.1) is 12.3 Å². The maximum absolute atomic E-state index is 6.16. The van der Waals surface area contributed by atoms with Crippen molar-refractivity contribution in [2.45, 2.75) is 26.2 Å². The third kappa shape index (κ3) is 5.82. The minimum atomic E-state index is 0.559. The summed E-state index contributed by atoms with van der Waals surface area (Å²) >= 11 is 5.94. The van der Waals surface area contributed by atoms with E-state index in [9.17, 15) is 0 Å². The summed E-state index contributed by atoms with van der Waals surface area (Å²) in [5.41, 5.74) is 6.45. The number of nitrogens with one attached hydrogen (secondary N) is 1. The van der Waals surface area contributed by atoms with Crippen LogP contribution in [0.3, 0.4) is 0 Å². The van der Waals surface area contributed by atoms with Crippen LogP contribution in [0.15, 0.2) is 77.5 Å². The third-order valence-electron chi connectivity index (χ3n) is 6.27. The molecule has 0 radical (unpaired) electrons. The average Bonchev–Trinajstić information content (AvgIpc) is 3.00. The molecular formula is C28H33ClN2O2. The number of hydrogen-bond acceptors (Lipinski definition) is 4. The van der Waals surface area contributed by atoms with Gasteiger partial charge in [-0.3, -0.25) is 0 Å². The number of benzene rings is 2. The molecule has 0 unspecified atom stereocenters. The lowest BCUT2D eigenvalue weighted by Crippen LogP contribution is -2.32. The summed E-state index contributed by atoms with van der Waals surface area (Å²) in [4.78, 5) is 2.55. The normalized spacial score (nSPS) is 17.1. The van der Waals surface area contributed by atoms with Crippen molar-refractivity contribution in [2.24, 2.45) is 0 Å². The van der Waals surface area contributed by atoms with E-state index in [1.165, 1.54) is 22.3 Å². The first-order chi connectivity index (χ1) is 16.2. The summed E-state index contributed by atoms with van der Waals surface area (Å²) < 4.78 is 12.0. The van der Waals surface area contributed by atoms with Gasteiger partial charge >= 0.3 is 0 Å². The van der Waals surface area contributed by atoms with E-state index >= 15 is 0 Å². The average molecular weight is 465 g/mol. The van der Waals surface area contributed by atoms with Crippen LogP contribution in [0.25, 0.3) is 5.57 Å². The number of para-hydroxylation sites is 1. The fourth-order valence-corrected chi connectivity index (χ4v) is 4.69. The molecule has 2 aromatic carbocycles. The molecule has 2 heterocycles. The van der Waals surface area contributed by atoms with Gasteiger partial charge in [0.2, 0.25) is 0 Å². The van der Waals surface area contributed by atoms with Crippen LogP contribution in [-0.2, 0) is 0 Å². The molecule has 0 aliphatic carbocycles. The van der Waals surface area contributed by atoms with Gasteiger partial charge in [0.1, 0.15) is 18.1 Å². The molecule has 4 nitrogen and oxygen atoms in total. The molecule has 1 fully saturated rings. The van der Waals surface area contributed by atoms with Crippen molar-refractivity contribution in [2.75, 3.05) is 39.9 Å². The number of allylic oxidation sites excluding steroid dienone is 4. The smallest absolute Gasteiger partial charge is 0.128 e. The number of piperidine rings is 1. The lowest BCUT2D eigenvalue weighted by Gasteiger charge is -2.30. The molecule has 1 N–H and O–H groups in total. The molecule has 0 saturated carbocycles. The summed E-state index contributed by atoms with van der Waals surface area (Å²) in [6, 6.07) is 16.0. The molecule has 2 aliphatic rings. The minimum Gasteiger partial charge on any atom is -0.494 e. The van der Waals surface area contributed by atoms with E-state index in [2.05, 4.69) is 53.6 Å². The molecule has 0 bridgehead atoms. The molecule has 174 valence electrons. The Bertz CT molecular complexity index is 1030. The molecule has 5 heteroatoms. The van der Waals surface area contributed by atoms with E-state index in [1.54, 1.807) is 0 Å². The zero-order valence-electron chi connectivity index (χ0n) is 19.6. The van der Waals surface area contributed by atoms with Gasteiger partial charge in [-0.2, -0.15) is 0 Å². The second kappa shape index (κ2) is 11.4. The summed E-state index contributed by atoms with van der Waals surface area (Å²) in [6.45, 7) is 6.55. The molecule has 4 rings (SSSR count). The second-order valence-corrected chi connectivity index (χ2v) is 8.84. The number of halogens is 1. The zero-order valence-corrected chi connectivity index (χ0v) is 20.3. The number of likely N-dealkylation sites (N-methyl/N-ethyl adjacent to an activating group) is 1. The van der Waals surface area contributed by atoms with E-state index in [4.69, 9.17) is 21.1 Å². The van der Waals surface area contributed by atoms with Crippen LogP contribution in [0.1, 0.15) is 31.7 Å². The van der Waals surface area contributed by atoms with E-state index in [1.807, 2.05) is 31.3 Å². The first kappa shape index (κ1) is 23.5. The van der Waals surface area contributed by atoms with Gasteiger partial charge in [-0.25, -0.2) is 0 Å². The topological polar surface area (TPSA) is 33.7 Å². The van der Waals surface area contributed by atoms with E-state index in [0.29, 0.717) is 6.61 Å². The highest BCUT2D eigenvalue weighted by Gasteiger charge is 2.25. The standard InChI is InChI=1S/C28H33ClN2O2/c1-3-7-24-26(30-2)20-33-27-9-5-4-8-25(27)28(24)21-14-17-31(18-15-21)16-6-19-32-23-12-10-22(29)11-13-23/h3-5,7-13,30H,6,14-20H2,1-2H3/b7-3-. The lowest BCUT2D eigenvalue weighted by atomic mass is 9.87. The van der Waals surface area contributed by atoms with Crippen molar-refractivity contribution in [3.63, 3.8) is 0 Å². The number of rotatable bonds is 7. The van der Waals surface area contributed by atoms with Gasteiger partial charge in [0.25, 0.3) is 0 Å². The molecule has 0 amide bonds. The largest absolute Gasteiger partial charge is 0.494 e. The Morgan fingerprint density at radius 3 is 2.58 bits per heavy atom. The van der Waals surface area contributed by atoms with Crippen molar-refractivity contribution in [1.29, 1.82) is 0 Å². The van der Waals surface area contributed by atoms with Gasteiger partial charge in [-0.05, 0) is 62.1 Å². The number of fused-ring (bicyclic) bond motifs is 1. The van der Waals surface area contributed by atoms with Crippen LogP contribution in [-0.4, -0.2) is 44.8 Å². The van der Waals surface area contributed by atoms with Crippen molar-refractivity contribution < 1.29 is 9.47 Å². The summed E-state index contributed by atoms with van der Waals surface area (Å²) in [5.74, 6) is 1.84. The molecule has 2 aromatic rings. The SMILES string of the molecule is C/C=C\C1=C(NC)COc2ccccc2C1=C1CCN(CCCOc2ccc(Cl)cc2)CC1. The van der Waals surface area contributed by atoms with Gasteiger partial charge in [-0.1, -0.05) is 47.5 Å². The van der Waals surface area contributed by atoms with Crippen LogP contribution >= 0.6 is 11.6 Å². The fraction of sp³-hybridized carbons (Fsp3) is 0.357. The van der Waals surface area contributed by atoms with Crippen molar-refractivity contribution in [3.8, 4) is 11.5 Å². The summed E-state index contributed by atoms with van der Waals surface area (Å²) in [5, 5.41) is 4.11. The highest BCUT2D eigenvalue weighted by Crippen LogP contribution is 2.40. The first-order valence-corrected chi connectivity index (χ1v) is 12.2. The quantitative estimate of drug-likeness (QED) is 0.502. The summed E-state index contributed by atoms with van der Waals surface area (Å²) in [7, 11) is 1.98. The van der Waals surface area contributed by atoms with Crippen LogP contribution in [0.2, 0.25) is 5.02 Å². The zero-order chi connectivity index (χ0) is 23.0. The number of hydrogen-bond donors (Lipinski definition) is 1. The molecule has 1 saturated heterocycles. The van der Waals surface area contributed by atoms with E-state index in [0.717, 1.165) is 67.7 Å². The maximum Gasteiger partial charge on any atom is 0.128 e. The van der Waals surface area contributed by atoms with E-state index in [-0.39, 0.29) is 0 Å². The molecule has 0 spiro atoms. The molecular weight excluding hydrogens is 432 g/mol. The van der Waals surface area contributed by atoms with Gasteiger partial charge in [0.15, 0.2) is 0 Å². The highest BCUT2D eigenvalue weighted by molar-refractivity contribution is 6.30. The molecule has 0 aromatic heterocycles. The highest BCUT2D eigenvalue weighted by atomic mass is 35.5. The van der Waals surface area contributed by atoms with Crippen LogP contribution in [0.4, 0.5) is 0 Å². The number of likely N-dealkylation sites (tertiary alicyclic amines) is 1. The maximum atomic E-state index is 6.16. The van der Waals surface area contributed by atoms with Gasteiger partial charge < -0.3 is 19.7 Å². The minimum absolute atomic E-state index is 0.559. The first-order valence-electron chi connectivity index (χ1n) is 11.8. The Morgan fingerprint density at radius 1 is 1.09 bits per heavy atom. The van der Waals surface area contributed by atoms with E-state index < -0.39 is 0 Å². The number of nitrogens with zero attached hydrogens (tertiary/aromatic N) is 1. The second-order valence-electron chi connectivity index (χ2n) is 8.40.